The number of hydrogen-bond acceptors (Lipinski definition) is 1. The van der Waals surface area contributed by atoms with Gasteiger partial charge in [-0.2, -0.15) is 0 Å². The SMILES string of the molecule is CC(C)(C)CC(=O)NC(C)(c1ccccc1)c1ccccc1. The minimum atomic E-state index is -0.523. The number of amides is 1. The maximum atomic E-state index is 12.5. The van der Waals surface area contributed by atoms with Crippen molar-refractivity contribution in [3.05, 3.63) is 71.8 Å². The zero-order valence-corrected chi connectivity index (χ0v) is 13.9. The molecule has 0 radical (unpaired) electrons. The first kappa shape index (κ1) is 16.3. The van der Waals surface area contributed by atoms with Crippen molar-refractivity contribution >= 4 is 5.91 Å². The van der Waals surface area contributed by atoms with Gasteiger partial charge in [-0.25, -0.2) is 0 Å². The average molecular weight is 295 g/mol. The lowest BCUT2D eigenvalue weighted by atomic mass is 9.83. The Labute approximate surface area is 133 Å². The van der Waals surface area contributed by atoms with E-state index in [4.69, 9.17) is 0 Å². The molecule has 116 valence electrons. The predicted octanol–water partition coefficient (Wildman–Crippen LogP) is 4.50. The smallest absolute Gasteiger partial charge is 0.221 e. The first-order chi connectivity index (χ1) is 10.3. The molecule has 2 heteroatoms. The van der Waals surface area contributed by atoms with Gasteiger partial charge in [0.25, 0.3) is 0 Å². The Morgan fingerprint density at radius 1 is 0.818 bits per heavy atom. The van der Waals surface area contributed by atoms with Gasteiger partial charge < -0.3 is 5.32 Å². The highest BCUT2D eigenvalue weighted by atomic mass is 16.1. The minimum absolute atomic E-state index is 0.0294. The summed E-state index contributed by atoms with van der Waals surface area (Å²) in [4.78, 5) is 12.5. The molecule has 1 amide bonds. The van der Waals surface area contributed by atoms with E-state index < -0.39 is 5.54 Å². The van der Waals surface area contributed by atoms with Gasteiger partial charge in [0, 0.05) is 6.42 Å². The van der Waals surface area contributed by atoms with Gasteiger partial charge in [0.15, 0.2) is 0 Å². The fourth-order valence-electron chi connectivity index (χ4n) is 2.66. The van der Waals surface area contributed by atoms with Crippen LogP contribution in [0.2, 0.25) is 0 Å². The van der Waals surface area contributed by atoms with E-state index in [-0.39, 0.29) is 11.3 Å². The summed E-state index contributed by atoms with van der Waals surface area (Å²) in [5.74, 6) is 0.0720. The monoisotopic (exact) mass is 295 g/mol. The Morgan fingerprint density at radius 2 is 1.23 bits per heavy atom. The normalized spacial score (nSPS) is 12.0. The van der Waals surface area contributed by atoms with Crippen molar-refractivity contribution in [2.45, 2.75) is 39.7 Å². The molecular weight excluding hydrogens is 270 g/mol. The molecule has 0 atom stereocenters. The zero-order valence-electron chi connectivity index (χ0n) is 13.9. The van der Waals surface area contributed by atoms with Gasteiger partial charge in [-0.3, -0.25) is 4.79 Å². The molecule has 0 aliphatic rings. The van der Waals surface area contributed by atoms with Crippen LogP contribution in [-0.2, 0) is 10.3 Å². The Morgan fingerprint density at radius 3 is 1.59 bits per heavy atom. The van der Waals surface area contributed by atoms with E-state index in [2.05, 4.69) is 57.3 Å². The second-order valence-electron chi connectivity index (χ2n) is 7.14. The first-order valence-corrected chi connectivity index (χ1v) is 7.73. The maximum absolute atomic E-state index is 12.5. The van der Waals surface area contributed by atoms with Crippen molar-refractivity contribution in [2.24, 2.45) is 5.41 Å². The second kappa shape index (κ2) is 6.35. The van der Waals surface area contributed by atoms with Crippen molar-refractivity contribution in [2.75, 3.05) is 0 Å². The molecule has 2 aromatic carbocycles. The van der Waals surface area contributed by atoms with Crippen LogP contribution in [0, 0.1) is 5.41 Å². The molecular formula is C20H25NO. The van der Waals surface area contributed by atoms with Crippen LogP contribution in [0.5, 0.6) is 0 Å². The first-order valence-electron chi connectivity index (χ1n) is 7.73. The Kier molecular flexibility index (Phi) is 4.70. The van der Waals surface area contributed by atoms with E-state index in [0.717, 1.165) is 11.1 Å². The summed E-state index contributed by atoms with van der Waals surface area (Å²) in [7, 11) is 0. The van der Waals surface area contributed by atoms with Crippen molar-refractivity contribution in [3.63, 3.8) is 0 Å². The van der Waals surface area contributed by atoms with Crippen LogP contribution in [0.4, 0.5) is 0 Å². The van der Waals surface area contributed by atoms with E-state index >= 15 is 0 Å². The molecule has 0 aromatic heterocycles. The Hall–Kier alpha value is -2.09. The van der Waals surface area contributed by atoms with Gasteiger partial charge >= 0.3 is 0 Å². The van der Waals surface area contributed by atoms with Crippen molar-refractivity contribution in [3.8, 4) is 0 Å². The number of carbonyl (C=O) groups is 1. The van der Waals surface area contributed by atoms with E-state index in [1.807, 2.05) is 36.4 Å². The zero-order chi connectivity index (χ0) is 16.2. The molecule has 2 aromatic rings. The van der Waals surface area contributed by atoms with E-state index in [1.54, 1.807) is 0 Å². The number of nitrogens with one attached hydrogen (secondary N) is 1. The van der Waals surface area contributed by atoms with Crippen molar-refractivity contribution in [1.29, 1.82) is 0 Å². The summed E-state index contributed by atoms with van der Waals surface area (Å²) < 4.78 is 0. The summed E-state index contributed by atoms with van der Waals surface area (Å²) in [6, 6.07) is 20.2. The lowest BCUT2D eigenvalue weighted by Gasteiger charge is -2.33. The van der Waals surface area contributed by atoms with Crippen LogP contribution in [-0.4, -0.2) is 5.91 Å². The molecule has 0 bridgehead atoms. The van der Waals surface area contributed by atoms with E-state index in [0.29, 0.717) is 6.42 Å². The summed E-state index contributed by atoms with van der Waals surface area (Å²) in [5, 5.41) is 3.24. The molecule has 2 rings (SSSR count). The molecule has 22 heavy (non-hydrogen) atoms. The fraction of sp³-hybridized carbons (Fsp3) is 0.350. The van der Waals surface area contributed by atoms with Gasteiger partial charge in [0.2, 0.25) is 5.91 Å². The second-order valence-corrected chi connectivity index (χ2v) is 7.14. The van der Waals surface area contributed by atoms with Crippen molar-refractivity contribution < 1.29 is 4.79 Å². The molecule has 2 nitrogen and oxygen atoms in total. The van der Waals surface area contributed by atoms with Crippen LogP contribution < -0.4 is 5.32 Å². The lowest BCUT2D eigenvalue weighted by Crippen LogP contribution is -2.45. The third-order valence-electron chi connectivity index (χ3n) is 3.78. The Balaban J connectivity index is 2.37. The van der Waals surface area contributed by atoms with Gasteiger partial charge in [-0.1, -0.05) is 81.4 Å². The topological polar surface area (TPSA) is 29.1 Å². The highest BCUT2D eigenvalue weighted by Gasteiger charge is 2.31. The highest BCUT2D eigenvalue weighted by Crippen LogP contribution is 2.30. The van der Waals surface area contributed by atoms with Crippen molar-refractivity contribution in [1.82, 2.24) is 5.32 Å². The van der Waals surface area contributed by atoms with E-state index in [1.165, 1.54) is 0 Å². The maximum Gasteiger partial charge on any atom is 0.221 e. The molecule has 0 aliphatic heterocycles. The van der Waals surface area contributed by atoms with Crippen LogP contribution in [0.3, 0.4) is 0 Å². The summed E-state index contributed by atoms with van der Waals surface area (Å²) in [5.41, 5.74) is 1.62. The number of rotatable bonds is 4. The van der Waals surface area contributed by atoms with Gasteiger partial charge in [0.05, 0.1) is 5.54 Å². The highest BCUT2D eigenvalue weighted by molar-refractivity contribution is 5.78. The predicted molar refractivity (Wildman–Crippen MR) is 91.6 cm³/mol. The Bertz CT molecular complexity index is 572. The van der Waals surface area contributed by atoms with E-state index in [9.17, 15) is 4.79 Å². The third kappa shape index (κ3) is 3.97. The molecule has 1 N–H and O–H groups in total. The molecule has 0 heterocycles. The molecule has 0 spiro atoms. The number of hydrogen-bond donors (Lipinski definition) is 1. The molecule has 0 saturated carbocycles. The largest absolute Gasteiger partial charge is 0.343 e. The minimum Gasteiger partial charge on any atom is -0.343 e. The van der Waals surface area contributed by atoms with Crippen LogP contribution in [0.15, 0.2) is 60.7 Å². The average Bonchev–Trinajstić information content (AvgIpc) is 2.47. The summed E-state index contributed by atoms with van der Waals surface area (Å²) >= 11 is 0. The molecule has 0 unspecified atom stereocenters. The standard InChI is InChI=1S/C20H25NO/c1-19(2,3)15-18(22)21-20(4,16-11-7-5-8-12-16)17-13-9-6-10-14-17/h5-14H,15H2,1-4H3,(H,21,22). The molecule has 0 aliphatic carbocycles. The molecule has 0 saturated heterocycles. The number of carbonyl (C=O) groups excluding carboxylic acids is 1. The van der Waals surface area contributed by atoms with Gasteiger partial charge in [0.1, 0.15) is 0 Å². The summed E-state index contributed by atoms with van der Waals surface area (Å²) in [6.07, 6.45) is 0.502. The quantitative estimate of drug-likeness (QED) is 0.884. The third-order valence-corrected chi connectivity index (χ3v) is 3.78. The van der Waals surface area contributed by atoms with Gasteiger partial charge in [-0.15, -0.1) is 0 Å². The fourth-order valence-corrected chi connectivity index (χ4v) is 2.66. The number of benzene rings is 2. The van der Waals surface area contributed by atoms with Crippen LogP contribution in [0.1, 0.15) is 45.2 Å². The molecule has 0 fully saturated rings. The summed E-state index contributed by atoms with van der Waals surface area (Å²) in [6.45, 7) is 8.30. The van der Waals surface area contributed by atoms with Gasteiger partial charge in [-0.05, 0) is 23.5 Å². The lowest BCUT2D eigenvalue weighted by molar-refractivity contribution is -0.124. The van der Waals surface area contributed by atoms with Crippen LogP contribution in [0.25, 0.3) is 0 Å². The van der Waals surface area contributed by atoms with Crippen LogP contribution >= 0.6 is 0 Å².